The lowest BCUT2D eigenvalue weighted by molar-refractivity contribution is -0.131. The zero-order valence-electron chi connectivity index (χ0n) is 15.9. The summed E-state index contributed by atoms with van der Waals surface area (Å²) in [6.07, 6.45) is 3.34. The van der Waals surface area contributed by atoms with E-state index in [1.807, 2.05) is 24.3 Å². The summed E-state index contributed by atoms with van der Waals surface area (Å²) in [5.74, 6) is -0.398. The minimum absolute atomic E-state index is 0.0761. The number of rotatable bonds is 5. The van der Waals surface area contributed by atoms with Crippen LogP contribution < -0.4 is 15.5 Å². The Hall–Kier alpha value is -2.61. The first-order chi connectivity index (χ1) is 13.6. The van der Waals surface area contributed by atoms with Crippen LogP contribution in [-0.2, 0) is 14.3 Å². The summed E-state index contributed by atoms with van der Waals surface area (Å²) in [7, 11) is 0. The van der Waals surface area contributed by atoms with Gasteiger partial charge in [-0.15, -0.1) is 0 Å². The molecule has 2 heterocycles. The first kappa shape index (κ1) is 18.7. The SMILES string of the molecule is O=C(CCN1C(=O)NC2(CCCC2)C1=O)Nc1ccccc1N1CCOCC1. The second-order valence-electron chi connectivity index (χ2n) is 7.59. The Labute approximate surface area is 164 Å². The first-order valence-electron chi connectivity index (χ1n) is 9.95. The molecule has 1 aliphatic carbocycles. The molecule has 3 fully saturated rings. The van der Waals surface area contributed by atoms with Crippen molar-refractivity contribution in [3.63, 3.8) is 0 Å². The van der Waals surface area contributed by atoms with Crippen molar-refractivity contribution in [2.75, 3.05) is 43.1 Å². The third kappa shape index (κ3) is 3.56. The van der Waals surface area contributed by atoms with Crippen molar-refractivity contribution in [2.24, 2.45) is 0 Å². The number of carbonyl (C=O) groups excluding carboxylic acids is 3. The summed E-state index contributed by atoms with van der Waals surface area (Å²) in [6, 6.07) is 7.27. The molecule has 0 unspecified atom stereocenters. The lowest BCUT2D eigenvalue weighted by Crippen LogP contribution is -2.44. The van der Waals surface area contributed by atoms with E-state index in [2.05, 4.69) is 15.5 Å². The number of urea groups is 1. The lowest BCUT2D eigenvalue weighted by atomic mass is 9.98. The maximum absolute atomic E-state index is 12.7. The van der Waals surface area contributed by atoms with E-state index in [1.54, 1.807) is 0 Å². The van der Waals surface area contributed by atoms with Crippen LogP contribution >= 0.6 is 0 Å². The lowest BCUT2D eigenvalue weighted by Gasteiger charge is -2.30. The summed E-state index contributed by atoms with van der Waals surface area (Å²) in [5.41, 5.74) is 0.967. The number of benzene rings is 1. The maximum Gasteiger partial charge on any atom is 0.325 e. The predicted octanol–water partition coefficient (Wildman–Crippen LogP) is 1.72. The summed E-state index contributed by atoms with van der Waals surface area (Å²) < 4.78 is 5.39. The minimum atomic E-state index is -0.726. The van der Waals surface area contributed by atoms with Gasteiger partial charge in [0.2, 0.25) is 5.91 Å². The predicted molar refractivity (Wildman–Crippen MR) is 104 cm³/mol. The average molecular weight is 386 g/mol. The Balaban J connectivity index is 1.36. The Morgan fingerprint density at radius 1 is 1.14 bits per heavy atom. The van der Waals surface area contributed by atoms with Gasteiger partial charge >= 0.3 is 6.03 Å². The van der Waals surface area contributed by atoms with Crippen molar-refractivity contribution < 1.29 is 19.1 Å². The minimum Gasteiger partial charge on any atom is -0.378 e. The van der Waals surface area contributed by atoms with Crippen LogP contribution in [0, 0.1) is 0 Å². The highest BCUT2D eigenvalue weighted by Crippen LogP contribution is 2.35. The Bertz CT molecular complexity index is 769. The van der Waals surface area contributed by atoms with Gasteiger partial charge in [-0.25, -0.2) is 4.79 Å². The Kier molecular flexibility index (Phi) is 5.21. The van der Waals surface area contributed by atoms with Crippen molar-refractivity contribution in [3.05, 3.63) is 24.3 Å². The average Bonchev–Trinajstić information content (AvgIpc) is 3.27. The van der Waals surface area contributed by atoms with E-state index in [0.29, 0.717) is 26.1 Å². The number of hydrogen-bond donors (Lipinski definition) is 2. The zero-order chi connectivity index (χ0) is 19.6. The van der Waals surface area contributed by atoms with E-state index in [1.165, 1.54) is 4.90 Å². The highest BCUT2D eigenvalue weighted by molar-refractivity contribution is 6.07. The molecule has 1 aromatic carbocycles. The molecule has 0 aromatic heterocycles. The topological polar surface area (TPSA) is 91.0 Å². The molecule has 2 aliphatic heterocycles. The molecule has 1 aromatic rings. The quantitative estimate of drug-likeness (QED) is 0.752. The second kappa shape index (κ2) is 7.79. The maximum atomic E-state index is 12.7. The summed E-state index contributed by atoms with van der Waals surface area (Å²) in [4.78, 5) is 40.8. The molecule has 2 N–H and O–H groups in total. The molecule has 1 saturated carbocycles. The van der Waals surface area contributed by atoms with Crippen molar-refractivity contribution >= 4 is 29.2 Å². The van der Waals surface area contributed by atoms with E-state index in [0.717, 1.165) is 37.3 Å². The van der Waals surface area contributed by atoms with E-state index < -0.39 is 5.54 Å². The fraction of sp³-hybridized carbons (Fsp3) is 0.550. The highest BCUT2D eigenvalue weighted by atomic mass is 16.5. The van der Waals surface area contributed by atoms with Crippen molar-refractivity contribution in [3.8, 4) is 0 Å². The standard InChI is InChI=1S/C20H26N4O4/c25-17(7-10-24-18(26)20(22-19(24)27)8-3-4-9-20)21-15-5-1-2-6-16(15)23-11-13-28-14-12-23/h1-2,5-6H,3-4,7-14H2,(H,21,25)(H,22,27). The summed E-state index contributed by atoms with van der Waals surface area (Å²) >= 11 is 0. The number of anilines is 2. The van der Waals surface area contributed by atoms with Gasteiger partial charge in [-0.2, -0.15) is 0 Å². The number of carbonyl (C=O) groups is 3. The monoisotopic (exact) mass is 386 g/mol. The molecule has 3 aliphatic rings. The van der Waals surface area contributed by atoms with Crippen LogP contribution in [0.3, 0.4) is 0 Å². The molecule has 28 heavy (non-hydrogen) atoms. The molecular formula is C20H26N4O4. The van der Waals surface area contributed by atoms with Gasteiger partial charge in [-0.1, -0.05) is 25.0 Å². The second-order valence-corrected chi connectivity index (χ2v) is 7.59. The molecule has 0 radical (unpaired) electrons. The van der Waals surface area contributed by atoms with Crippen LogP contribution in [-0.4, -0.2) is 61.1 Å². The smallest absolute Gasteiger partial charge is 0.325 e. The van der Waals surface area contributed by atoms with Gasteiger partial charge in [0.05, 0.1) is 24.6 Å². The number of nitrogens with one attached hydrogen (secondary N) is 2. The van der Waals surface area contributed by atoms with E-state index in [4.69, 9.17) is 4.74 Å². The van der Waals surface area contributed by atoms with Crippen LogP contribution in [0.25, 0.3) is 0 Å². The number of para-hydroxylation sites is 2. The number of ether oxygens (including phenoxy) is 1. The van der Waals surface area contributed by atoms with Gasteiger partial charge in [0, 0.05) is 26.1 Å². The number of imide groups is 1. The molecule has 0 bridgehead atoms. The molecule has 8 heteroatoms. The first-order valence-corrected chi connectivity index (χ1v) is 9.95. The fourth-order valence-corrected chi connectivity index (χ4v) is 4.28. The van der Waals surface area contributed by atoms with Gasteiger partial charge in [0.1, 0.15) is 5.54 Å². The third-order valence-electron chi connectivity index (χ3n) is 5.80. The molecule has 4 amide bonds. The van der Waals surface area contributed by atoms with Gasteiger partial charge in [-0.3, -0.25) is 14.5 Å². The van der Waals surface area contributed by atoms with Gasteiger partial charge in [0.15, 0.2) is 0 Å². The largest absolute Gasteiger partial charge is 0.378 e. The number of morpholine rings is 1. The van der Waals surface area contributed by atoms with Gasteiger partial charge in [-0.05, 0) is 25.0 Å². The van der Waals surface area contributed by atoms with Crippen LogP contribution in [0.15, 0.2) is 24.3 Å². The van der Waals surface area contributed by atoms with Gasteiger partial charge < -0.3 is 20.3 Å². The molecule has 1 spiro atoms. The molecule has 0 atom stereocenters. The Morgan fingerprint density at radius 2 is 1.86 bits per heavy atom. The number of nitrogens with zero attached hydrogens (tertiary/aromatic N) is 2. The Morgan fingerprint density at radius 3 is 2.61 bits per heavy atom. The molecule has 150 valence electrons. The number of amides is 4. The zero-order valence-corrected chi connectivity index (χ0v) is 15.9. The van der Waals surface area contributed by atoms with Crippen LogP contribution in [0.5, 0.6) is 0 Å². The van der Waals surface area contributed by atoms with Gasteiger partial charge in [0.25, 0.3) is 5.91 Å². The normalized spacial score (nSPS) is 21.3. The van der Waals surface area contributed by atoms with Crippen LogP contribution in [0.1, 0.15) is 32.1 Å². The van der Waals surface area contributed by atoms with Crippen molar-refractivity contribution in [2.45, 2.75) is 37.6 Å². The molecule has 2 saturated heterocycles. The third-order valence-corrected chi connectivity index (χ3v) is 5.80. The van der Waals surface area contributed by atoms with E-state index in [9.17, 15) is 14.4 Å². The van der Waals surface area contributed by atoms with Crippen LogP contribution in [0.4, 0.5) is 16.2 Å². The van der Waals surface area contributed by atoms with E-state index >= 15 is 0 Å². The van der Waals surface area contributed by atoms with Crippen LogP contribution in [0.2, 0.25) is 0 Å². The highest BCUT2D eigenvalue weighted by Gasteiger charge is 2.52. The summed E-state index contributed by atoms with van der Waals surface area (Å²) in [5, 5.41) is 5.77. The summed E-state index contributed by atoms with van der Waals surface area (Å²) in [6.45, 7) is 2.97. The van der Waals surface area contributed by atoms with Crippen molar-refractivity contribution in [1.82, 2.24) is 10.2 Å². The number of hydrogen-bond acceptors (Lipinski definition) is 5. The molecular weight excluding hydrogens is 360 g/mol. The molecule has 8 nitrogen and oxygen atoms in total. The van der Waals surface area contributed by atoms with Crippen molar-refractivity contribution in [1.29, 1.82) is 0 Å². The molecule has 4 rings (SSSR count). The van der Waals surface area contributed by atoms with E-state index in [-0.39, 0.29) is 30.8 Å². The fourth-order valence-electron chi connectivity index (χ4n) is 4.28.